The Kier molecular flexibility index (Phi) is 5.23. The van der Waals surface area contributed by atoms with Gasteiger partial charge in [-0.15, -0.1) is 5.10 Å². The number of ether oxygens (including phenoxy) is 1. The molecule has 0 amide bonds. The number of halogens is 1. The van der Waals surface area contributed by atoms with Gasteiger partial charge < -0.3 is 10.1 Å². The number of benzene rings is 2. The first-order chi connectivity index (χ1) is 15.1. The number of hydrogen-bond acceptors (Lipinski definition) is 6. The van der Waals surface area contributed by atoms with Crippen molar-refractivity contribution in [1.82, 2.24) is 14.8 Å². The van der Waals surface area contributed by atoms with Crippen LogP contribution in [0.5, 0.6) is 5.75 Å². The average Bonchev–Trinajstić information content (AvgIpc) is 3.20. The highest BCUT2D eigenvalue weighted by Gasteiger charge is 2.36. The molecule has 1 N–H and O–H groups in total. The summed E-state index contributed by atoms with van der Waals surface area (Å²) in [5, 5.41) is 8.67. The van der Waals surface area contributed by atoms with Gasteiger partial charge in [-0.2, -0.15) is 4.98 Å². The molecule has 0 spiro atoms. The normalized spacial score (nSPS) is 17.7. The molecule has 1 aromatic heterocycles. The van der Waals surface area contributed by atoms with E-state index in [9.17, 15) is 9.18 Å². The Hall–Kier alpha value is -3.13. The molecular formula is C23H21FN4O2S. The van der Waals surface area contributed by atoms with Crippen molar-refractivity contribution < 1.29 is 13.9 Å². The fourth-order valence-electron chi connectivity index (χ4n) is 4.02. The van der Waals surface area contributed by atoms with Gasteiger partial charge >= 0.3 is 0 Å². The highest BCUT2D eigenvalue weighted by molar-refractivity contribution is 7.98. The van der Waals surface area contributed by atoms with Crippen LogP contribution in [0.4, 0.5) is 10.3 Å². The molecule has 2 aromatic carbocycles. The van der Waals surface area contributed by atoms with Crippen LogP contribution in [-0.4, -0.2) is 27.7 Å². The molecule has 1 aliphatic carbocycles. The highest BCUT2D eigenvalue weighted by Crippen LogP contribution is 2.41. The third-order valence-electron chi connectivity index (χ3n) is 5.56. The summed E-state index contributed by atoms with van der Waals surface area (Å²) < 4.78 is 20.2. The van der Waals surface area contributed by atoms with Gasteiger partial charge in [0.15, 0.2) is 5.78 Å². The number of allylic oxidation sites excluding steroid dienone is 2. The van der Waals surface area contributed by atoms with Gasteiger partial charge in [-0.05, 0) is 48.2 Å². The summed E-state index contributed by atoms with van der Waals surface area (Å²) in [5.41, 5.74) is 3.66. The number of Topliss-reactive ketones (excluding diaryl/α,β-unsaturated/α-hetero) is 1. The van der Waals surface area contributed by atoms with E-state index >= 15 is 0 Å². The second-order valence-electron chi connectivity index (χ2n) is 7.55. The van der Waals surface area contributed by atoms with Crippen molar-refractivity contribution in [3.8, 4) is 5.75 Å². The third kappa shape index (κ3) is 3.83. The van der Waals surface area contributed by atoms with E-state index in [1.54, 1.807) is 23.9 Å². The molecule has 0 bridgehead atoms. The predicted molar refractivity (Wildman–Crippen MR) is 117 cm³/mol. The fraction of sp³-hybridized carbons (Fsp3) is 0.261. The van der Waals surface area contributed by atoms with Crippen molar-refractivity contribution in [1.29, 1.82) is 0 Å². The molecule has 0 saturated heterocycles. The molecule has 3 aromatic rings. The molecule has 0 unspecified atom stereocenters. The van der Waals surface area contributed by atoms with E-state index in [1.165, 1.54) is 23.9 Å². The number of anilines is 1. The molecule has 1 atom stereocenters. The fourth-order valence-corrected chi connectivity index (χ4v) is 4.81. The van der Waals surface area contributed by atoms with Crippen molar-refractivity contribution >= 4 is 23.5 Å². The van der Waals surface area contributed by atoms with Crippen LogP contribution < -0.4 is 10.1 Å². The molecule has 31 heavy (non-hydrogen) atoms. The van der Waals surface area contributed by atoms with Gasteiger partial charge in [0.1, 0.15) is 17.6 Å². The van der Waals surface area contributed by atoms with E-state index in [1.807, 2.05) is 24.3 Å². The molecule has 2 heterocycles. The zero-order valence-electron chi connectivity index (χ0n) is 17.0. The van der Waals surface area contributed by atoms with Crippen LogP contribution in [0.1, 0.15) is 36.4 Å². The van der Waals surface area contributed by atoms with Crippen LogP contribution in [0, 0.1) is 5.82 Å². The Balaban J connectivity index is 1.49. The van der Waals surface area contributed by atoms with E-state index in [0.717, 1.165) is 41.0 Å². The van der Waals surface area contributed by atoms with Gasteiger partial charge in [0.2, 0.25) is 11.1 Å². The number of nitrogens with zero attached hydrogens (tertiary/aromatic N) is 3. The summed E-state index contributed by atoms with van der Waals surface area (Å²) in [5.74, 6) is 1.92. The van der Waals surface area contributed by atoms with Gasteiger partial charge in [0, 0.05) is 23.4 Å². The lowest BCUT2D eigenvalue weighted by Gasteiger charge is -2.32. The molecule has 158 valence electrons. The number of fused-ring (bicyclic) bond motifs is 1. The van der Waals surface area contributed by atoms with Gasteiger partial charge in [0.25, 0.3) is 0 Å². The molecular weight excluding hydrogens is 415 g/mol. The predicted octanol–water partition coefficient (Wildman–Crippen LogP) is 4.74. The zero-order chi connectivity index (χ0) is 21.4. The van der Waals surface area contributed by atoms with Crippen LogP contribution in [0.25, 0.3) is 0 Å². The minimum absolute atomic E-state index is 0.149. The smallest absolute Gasteiger partial charge is 0.227 e. The number of carbonyl (C=O) groups excluding carboxylic acids is 1. The minimum Gasteiger partial charge on any atom is -0.497 e. The second-order valence-corrected chi connectivity index (χ2v) is 8.49. The standard InChI is InChI=1S/C23H21FN4O2S/c1-30-17-11-7-15(8-12-17)21-20-18(3-2-4-19(20)29)25-22-26-23(27-28(21)22)31-13-14-5-9-16(24)10-6-14/h5-12,21H,2-4,13H2,1H3,(H,25,26,27)/t21-/m0/s1. The van der Waals surface area contributed by atoms with Gasteiger partial charge in [-0.3, -0.25) is 4.79 Å². The summed E-state index contributed by atoms with van der Waals surface area (Å²) in [7, 11) is 1.63. The lowest BCUT2D eigenvalue weighted by Crippen LogP contribution is -2.31. The molecule has 0 fully saturated rings. The number of methoxy groups -OCH3 is 1. The Bertz CT molecular complexity index is 1160. The van der Waals surface area contributed by atoms with E-state index in [2.05, 4.69) is 10.3 Å². The maximum absolute atomic E-state index is 13.2. The minimum atomic E-state index is -0.322. The largest absolute Gasteiger partial charge is 0.497 e. The summed E-state index contributed by atoms with van der Waals surface area (Å²) in [6.07, 6.45) is 2.20. The number of carbonyl (C=O) groups is 1. The van der Waals surface area contributed by atoms with Crippen LogP contribution in [-0.2, 0) is 10.5 Å². The number of nitrogens with one attached hydrogen (secondary N) is 1. The van der Waals surface area contributed by atoms with E-state index < -0.39 is 0 Å². The molecule has 1 aliphatic heterocycles. The Morgan fingerprint density at radius 2 is 1.94 bits per heavy atom. The van der Waals surface area contributed by atoms with Crippen molar-refractivity contribution in [2.24, 2.45) is 0 Å². The number of hydrogen-bond donors (Lipinski definition) is 1. The zero-order valence-corrected chi connectivity index (χ0v) is 17.8. The Morgan fingerprint density at radius 1 is 1.16 bits per heavy atom. The summed E-state index contributed by atoms with van der Waals surface area (Å²) in [4.78, 5) is 17.5. The van der Waals surface area contributed by atoms with Crippen molar-refractivity contribution in [2.75, 3.05) is 12.4 Å². The first-order valence-electron chi connectivity index (χ1n) is 10.1. The summed E-state index contributed by atoms with van der Waals surface area (Å²) >= 11 is 1.48. The quantitative estimate of drug-likeness (QED) is 0.583. The lowest BCUT2D eigenvalue weighted by atomic mass is 9.85. The number of rotatable bonds is 5. The molecule has 0 saturated carbocycles. The third-order valence-corrected chi connectivity index (χ3v) is 6.47. The maximum Gasteiger partial charge on any atom is 0.227 e. The van der Waals surface area contributed by atoms with Gasteiger partial charge in [-0.25, -0.2) is 9.07 Å². The van der Waals surface area contributed by atoms with Crippen LogP contribution in [0.2, 0.25) is 0 Å². The summed E-state index contributed by atoms with van der Waals surface area (Å²) in [6, 6.07) is 13.8. The molecule has 5 rings (SSSR count). The molecule has 8 heteroatoms. The SMILES string of the molecule is COc1ccc([C@H]2C3=C(CCCC3=O)Nc3nc(SCc4ccc(F)cc4)nn32)cc1. The van der Waals surface area contributed by atoms with Crippen LogP contribution in [0.15, 0.2) is 65.0 Å². The Morgan fingerprint density at radius 3 is 2.68 bits per heavy atom. The van der Waals surface area contributed by atoms with Gasteiger partial charge in [-0.1, -0.05) is 36.0 Å². The van der Waals surface area contributed by atoms with E-state index in [4.69, 9.17) is 9.84 Å². The van der Waals surface area contributed by atoms with E-state index in [-0.39, 0.29) is 17.6 Å². The number of aromatic nitrogens is 3. The molecule has 6 nitrogen and oxygen atoms in total. The average molecular weight is 437 g/mol. The summed E-state index contributed by atoms with van der Waals surface area (Å²) in [6.45, 7) is 0. The highest BCUT2D eigenvalue weighted by atomic mass is 32.2. The molecule has 0 radical (unpaired) electrons. The lowest BCUT2D eigenvalue weighted by molar-refractivity contribution is -0.116. The van der Waals surface area contributed by atoms with Crippen molar-refractivity contribution in [3.05, 3.63) is 76.7 Å². The monoisotopic (exact) mass is 436 g/mol. The van der Waals surface area contributed by atoms with Crippen molar-refractivity contribution in [3.63, 3.8) is 0 Å². The topological polar surface area (TPSA) is 69.0 Å². The van der Waals surface area contributed by atoms with Crippen LogP contribution in [0.3, 0.4) is 0 Å². The number of thioether (sulfide) groups is 1. The maximum atomic E-state index is 13.2. The van der Waals surface area contributed by atoms with Gasteiger partial charge in [0.05, 0.1) is 7.11 Å². The van der Waals surface area contributed by atoms with Crippen LogP contribution >= 0.6 is 11.8 Å². The first-order valence-corrected chi connectivity index (χ1v) is 11.1. The Labute approximate surface area is 183 Å². The van der Waals surface area contributed by atoms with Crippen molar-refractivity contribution in [2.45, 2.75) is 36.2 Å². The first kappa shape index (κ1) is 19.8. The number of ketones is 1. The molecule has 2 aliphatic rings. The van der Waals surface area contributed by atoms with E-state index in [0.29, 0.717) is 23.3 Å². The second kappa shape index (κ2) is 8.19.